The van der Waals surface area contributed by atoms with Crippen LogP contribution in [0.1, 0.15) is 26.2 Å². The van der Waals surface area contributed by atoms with Crippen molar-refractivity contribution >= 4 is 28.7 Å². The summed E-state index contributed by atoms with van der Waals surface area (Å²) in [6.07, 6.45) is 7.23. The average Bonchev–Trinajstić information content (AvgIpc) is 2.86. The summed E-state index contributed by atoms with van der Waals surface area (Å²) in [7, 11) is 0. The lowest BCUT2D eigenvalue weighted by atomic mass is 10.2. The highest BCUT2D eigenvalue weighted by Crippen LogP contribution is 2.31. The van der Waals surface area contributed by atoms with E-state index in [0.29, 0.717) is 16.9 Å². The second kappa shape index (κ2) is 5.74. The van der Waals surface area contributed by atoms with Gasteiger partial charge in [0.1, 0.15) is 11.3 Å². The number of anilines is 1. The Morgan fingerprint density at radius 1 is 1.26 bits per heavy atom. The van der Waals surface area contributed by atoms with E-state index in [0.717, 1.165) is 11.3 Å². The molecule has 0 aromatic carbocycles. The van der Waals surface area contributed by atoms with Gasteiger partial charge in [0.2, 0.25) is 0 Å². The van der Waals surface area contributed by atoms with E-state index in [4.69, 9.17) is 0 Å². The Kier molecular flexibility index (Phi) is 3.82. The highest BCUT2D eigenvalue weighted by atomic mass is 32.2. The molecule has 1 aliphatic rings. The molecule has 1 saturated carbocycles. The Morgan fingerprint density at radius 2 is 2.16 bits per heavy atom. The molecule has 2 aromatic rings. The maximum atomic E-state index is 4.54. The summed E-state index contributed by atoms with van der Waals surface area (Å²) in [5, 5.41) is 4.28. The van der Waals surface area contributed by atoms with E-state index in [1.807, 2.05) is 12.1 Å². The first kappa shape index (κ1) is 12.7. The molecule has 0 amide bonds. The van der Waals surface area contributed by atoms with Gasteiger partial charge in [-0.25, -0.2) is 9.97 Å². The second-order valence-corrected chi connectivity index (χ2v) is 6.29. The van der Waals surface area contributed by atoms with Gasteiger partial charge in [0.05, 0.1) is 0 Å². The third-order valence-corrected chi connectivity index (χ3v) is 4.82. The van der Waals surface area contributed by atoms with Crippen molar-refractivity contribution < 1.29 is 0 Å². The molecule has 2 unspecified atom stereocenters. The lowest BCUT2D eigenvalue weighted by Crippen LogP contribution is -2.26. The van der Waals surface area contributed by atoms with Gasteiger partial charge < -0.3 is 5.32 Å². The minimum Gasteiger partial charge on any atom is -0.366 e. The van der Waals surface area contributed by atoms with Crippen LogP contribution in [0.15, 0.2) is 24.5 Å². The average molecular weight is 274 g/mol. The first-order valence-electron chi connectivity index (χ1n) is 6.82. The van der Waals surface area contributed by atoms with E-state index in [2.05, 4.69) is 39.0 Å². The van der Waals surface area contributed by atoms with Crippen molar-refractivity contribution in [3.05, 3.63) is 24.5 Å². The van der Waals surface area contributed by atoms with Gasteiger partial charge >= 0.3 is 0 Å². The van der Waals surface area contributed by atoms with E-state index in [1.165, 1.54) is 25.0 Å². The Labute approximate surface area is 117 Å². The fourth-order valence-electron chi connectivity index (χ4n) is 2.63. The molecule has 1 N–H and O–H groups in total. The van der Waals surface area contributed by atoms with Crippen LogP contribution in [0.3, 0.4) is 0 Å². The molecule has 2 aromatic heterocycles. The van der Waals surface area contributed by atoms with E-state index in [1.54, 1.807) is 12.4 Å². The quantitative estimate of drug-likeness (QED) is 0.928. The van der Waals surface area contributed by atoms with Crippen LogP contribution in [0.2, 0.25) is 0 Å². The number of nitrogens with one attached hydrogen (secondary N) is 1. The van der Waals surface area contributed by atoms with Crippen molar-refractivity contribution in [2.24, 2.45) is 0 Å². The number of nitrogens with zero attached hydrogens (tertiary/aromatic N) is 3. The minimum atomic E-state index is 0.534. The van der Waals surface area contributed by atoms with Crippen molar-refractivity contribution in [2.45, 2.75) is 37.5 Å². The molecule has 100 valence electrons. The maximum absolute atomic E-state index is 4.54. The van der Waals surface area contributed by atoms with Crippen molar-refractivity contribution in [2.75, 3.05) is 11.1 Å². The van der Waals surface area contributed by atoms with Crippen LogP contribution in [0.4, 0.5) is 5.82 Å². The van der Waals surface area contributed by atoms with Gasteiger partial charge in [0.15, 0.2) is 5.65 Å². The molecule has 5 heteroatoms. The monoisotopic (exact) mass is 274 g/mol. The number of hydrogen-bond donors (Lipinski definition) is 1. The number of aromatic nitrogens is 3. The van der Waals surface area contributed by atoms with Crippen LogP contribution in [-0.4, -0.2) is 32.0 Å². The van der Waals surface area contributed by atoms with E-state index in [-0.39, 0.29) is 0 Å². The molecule has 3 rings (SSSR count). The molecule has 0 radical (unpaired) electrons. The van der Waals surface area contributed by atoms with Gasteiger partial charge in [0, 0.05) is 23.7 Å². The third-order valence-electron chi connectivity index (χ3n) is 3.50. The van der Waals surface area contributed by atoms with Crippen LogP contribution >= 0.6 is 11.8 Å². The van der Waals surface area contributed by atoms with Crippen LogP contribution in [0.25, 0.3) is 11.2 Å². The molecule has 1 aliphatic carbocycles. The zero-order valence-electron chi connectivity index (χ0n) is 11.0. The molecule has 2 heterocycles. The highest BCUT2D eigenvalue weighted by Gasteiger charge is 2.27. The normalized spacial score (nSPS) is 22.8. The largest absolute Gasteiger partial charge is 0.366 e. The zero-order chi connectivity index (χ0) is 13.1. The van der Waals surface area contributed by atoms with Gasteiger partial charge in [-0.05, 0) is 30.7 Å². The summed E-state index contributed by atoms with van der Waals surface area (Å²) in [5.74, 6) is 2.10. The Bertz CT molecular complexity index is 560. The second-order valence-electron chi connectivity index (χ2n) is 4.77. The molecule has 0 bridgehead atoms. The van der Waals surface area contributed by atoms with Crippen LogP contribution in [0.5, 0.6) is 0 Å². The van der Waals surface area contributed by atoms with E-state index in [9.17, 15) is 0 Å². The van der Waals surface area contributed by atoms with Gasteiger partial charge in [-0.1, -0.05) is 13.3 Å². The van der Waals surface area contributed by atoms with Crippen molar-refractivity contribution in [3.8, 4) is 0 Å². The van der Waals surface area contributed by atoms with Gasteiger partial charge in [0.25, 0.3) is 0 Å². The number of hydrogen-bond acceptors (Lipinski definition) is 5. The van der Waals surface area contributed by atoms with Crippen LogP contribution < -0.4 is 5.32 Å². The van der Waals surface area contributed by atoms with E-state index < -0.39 is 0 Å². The highest BCUT2D eigenvalue weighted by molar-refractivity contribution is 7.99. The smallest absolute Gasteiger partial charge is 0.180 e. The minimum absolute atomic E-state index is 0.534. The first-order valence-corrected chi connectivity index (χ1v) is 7.87. The molecule has 0 spiro atoms. The zero-order valence-corrected chi connectivity index (χ0v) is 11.9. The maximum Gasteiger partial charge on any atom is 0.180 e. The molecule has 19 heavy (non-hydrogen) atoms. The summed E-state index contributed by atoms with van der Waals surface area (Å²) in [6, 6.07) is 4.52. The summed E-state index contributed by atoms with van der Waals surface area (Å²) >= 11 is 2.05. The number of pyridine rings is 1. The Balaban J connectivity index is 1.77. The summed E-state index contributed by atoms with van der Waals surface area (Å²) in [4.78, 5) is 13.0. The third kappa shape index (κ3) is 2.81. The fourth-order valence-corrected chi connectivity index (χ4v) is 3.83. The lowest BCUT2D eigenvalue weighted by Gasteiger charge is -2.20. The molecular weight excluding hydrogens is 256 g/mol. The van der Waals surface area contributed by atoms with E-state index >= 15 is 0 Å². The van der Waals surface area contributed by atoms with Crippen LogP contribution in [-0.2, 0) is 0 Å². The molecule has 1 fully saturated rings. The predicted octanol–water partition coefficient (Wildman–Crippen LogP) is 3.11. The first-order chi connectivity index (χ1) is 9.36. The van der Waals surface area contributed by atoms with Gasteiger partial charge in [-0.2, -0.15) is 11.8 Å². The number of fused-ring (bicyclic) bond motifs is 1. The summed E-state index contributed by atoms with van der Waals surface area (Å²) in [6.45, 7) is 2.23. The Hall–Kier alpha value is -1.36. The SMILES string of the molecule is CCSC1CCCC1Nc1ccc2nccnc2n1. The molecular formula is C14H18N4S. The van der Waals surface area contributed by atoms with Gasteiger partial charge in [-0.15, -0.1) is 0 Å². The van der Waals surface area contributed by atoms with Gasteiger partial charge in [-0.3, -0.25) is 4.98 Å². The van der Waals surface area contributed by atoms with Crippen LogP contribution in [0, 0.1) is 0 Å². The topological polar surface area (TPSA) is 50.7 Å². The molecule has 0 saturated heterocycles. The number of thioether (sulfide) groups is 1. The molecule has 2 atom stereocenters. The van der Waals surface area contributed by atoms with Crippen molar-refractivity contribution in [3.63, 3.8) is 0 Å². The molecule has 4 nitrogen and oxygen atoms in total. The fraction of sp³-hybridized carbons (Fsp3) is 0.500. The summed E-state index contributed by atoms with van der Waals surface area (Å²) in [5.41, 5.74) is 1.56. The number of rotatable bonds is 4. The predicted molar refractivity (Wildman–Crippen MR) is 80.5 cm³/mol. The summed E-state index contributed by atoms with van der Waals surface area (Å²) < 4.78 is 0. The Morgan fingerprint density at radius 3 is 3.05 bits per heavy atom. The van der Waals surface area contributed by atoms with Crippen molar-refractivity contribution in [1.29, 1.82) is 0 Å². The molecule has 0 aliphatic heterocycles. The van der Waals surface area contributed by atoms with Crippen molar-refractivity contribution in [1.82, 2.24) is 15.0 Å². The lowest BCUT2D eigenvalue weighted by molar-refractivity contribution is 0.763. The standard InChI is InChI=1S/C14H18N4S/c1-2-19-12-5-3-4-10(12)17-13-7-6-11-14(18-13)16-9-8-15-11/h6-10,12H,2-5H2,1H3,(H,16,17,18).